The number of benzene rings is 3. The second-order valence-electron chi connectivity index (χ2n) is 9.92. The van der Waals surface area contributed by atoms with Gasteiger partial charge in [0.15, 0.2) is 0 Å². The fourth-order valence-corrected chi connectivity index (χ4v) is 5.11. The molecule has 6 heteroatoms. The van der Waals surface area contributed by atoms with Gasteiger partial charge in [-0.25, -0.2) is 4.58 Å². The van der Waals surface area contributed by atoms with E-state index in [4.69, 9.17) is 14.9 Å². The van der Waals surface area contributed by atoms with E-state index in [2.05, 4.69) is 65.1 Å². The molecule has 1 fully saturated rings. The number of nitrogen functional groups attached to an aromatic ring is 1. The summed E-state index contributed by atoms with van der Waals surface area (Å²) in [5.41, 5.74) is 12.3. The summed E-state index contributed by atoms with van der Waals surface area (Å²) in [6.45, 7) is 7.15. The molecule has 0 radical (unpaired) electrons. The summed E-state index contributed by atoms with van der Waals surface area (Å²) in [6, 6.07) is 21.1. The highest BCUT2D eigenvalue weighted by Crippen LogP contribution is 2.40. The third-order valence-corrected chi connectivity index (χ3v) is 7.24. The molecule has 0 bridgehead atoms. The molecule has 1 saturated heterocycles. The van der Waals surface area contributed by atoms with Crippen LogP contribution in [0.4, 0.5) is 5.69 Å². The van der Waals surface area contributed by atoms with Crippen LogP contribution < -0.4 is 15.7 Å². The van der Waals surface area contributed by atoms with Crippen molar-refractivity contribution >= 4 is 22.4 Å². The number of fused-ring (bicyclic) bond motifs is 2. The van der Waals surface area contributed by atoms with E-state index < -0.39 is 0 Å². The average Bonchev–Trinajstić information content (AvgIpc) is 2.91. The Labute approximate surface area is 218 Å². The Bertz CT molecular complexity index is 1450. The molecule has 2 aromatic rings. The summed E-state index contributed by atoms with van der Waals surface area (Å²) in [5.74, 6) is 1.13. The molecule has 0 aromatic heterocycles. The fraction of sp³-hybridized carbons (Fsp3) is 0.355. The minimum atomic E-state index is 0.312. The van der Waals surface area contributed by atoms with Crippen LogP contribution in [-0.2, 0) is 16.1 Å². The number of rotatable bonds is 8. The fourth-order valence-electron chi connectivity index (χ4n) is 5.11. The van der Waals surface area contributed by atoms with Crippen LogP contribution in [0.2, 0.25) is 0 Å². The summed E-state index contributed by atoms with van der Waals surface area (Å²) in [7, 11) is 2.06. The van der Waals surface area contributed by atoms with Crippen molar-refractivity contribution in [2.24, 2.45) is 0 Å². The van der Waals surface area contributed by atoms with Crippen LogP contribution in [0.25, 0.3) is 33.4 Å². The first-order chi connectivity index (χ1) is 18.0. The van der Waals surface area contributed by atoms with Gasteiger partial charge in [-0.2, -0.15) is 0 Å². The number of anilines is 1. The topological polar surface area (TPSA) is 71.7 Å². The van der Waals surface area contributed by atoms with Gasteiger partial charge in [-0.05, 0) is 35.4 Å². The highest BCUT2D eigenvalue weighted by molar-refractivity contribution is 6.02. The van der Waals surface area contributed by atoms with E-state index in [1.165, 1.54) is 11.1 Å². The van der Waals surface area contributed by atoms with Gasteiger partial charge in [-0.3, -0.25) is 9.69 Å². The predicted octanol–water partition coefficient (Wildman–Crippen LogP) is 4.78. The number of carbonyl (C=O) groups is 1. The number of hydrogen-bond donors (Lipinski definition) is 1. The van der Waals surface area contributed by atoms with E-state index in [0.29, 0.717) is 24.3 Å². The van der Waals surface area contributed by atoms with Gasteiger partial charge in [-0.1, -0.05) is 25.1 Å². The molecule has 37 heavy (non-hydrogen) atoms. The molecule has 0 saturated carbocycles. The predicted molar refractivity (Wildman–Crippen MR) is 149 cm³/mol. The van der Waals surface area contributed by atoms with Crippen molar-refractivity contribution in [1.82, 2.24) is 9.48 Å². The summed E-state index contributed by atoms with van der Waals surface area (Å²) in [6.07, 6.45) is 2.06. The van der Waals surface area contributed by atoms with Crippen molar-refractivity contribution in [2.45, 2.75) is 32.7 Å². The Morgan fingerprint density at radius 2 is 1.89 bits per heavy atom. The number of ketones is 1. The van der Waals surface area contributed by atoms with Gasteiger partial charge >= 0.3 is 0 Å². The van der Waals surface area contributed by atoms with Crippen LogP contribution in [0.1, 0.15) is 31.7 Å². The lowest BCUT2D eigenvalue weighted by molar-refractivity contribution is -0.118. The molecule has 3 aliphatic rings. The highest BCUT2D eigenvalue weighted by Gasteiger charge is 2.19. The number of nitrogens with two attached hydrogens (primary N) is 1. The Hall–Kier alpha value is -3.48. The van der Waals surface area contributed by atoms with Gasteiger partial charge in [0.1, 0.15) is 30.7 Å². The van der Waals surface area contributed by atoms with Gasteiger partial charge in [0, 0.05) is 73.2 Å². The van der Waals surface area contributed by atoms with Gasteiger partial charge in [0.2, 0.25) is 5.36 Å². The minimum absolute atomic E-state index is 0.312. The van der Waals surface area contributed by atoms with Crippen LogP contribution in [0.5, 0.6) is 0 Å². The van der Waals surface area contributed by atoms with Crippen LogP contribution in [0.3, 0.4) is 0 Å². The number of hydrogen-bond acceptors (Lipinski definition) is 5. The number of morpholine rings is 1. The maximum absolute atomic E-state index is 11.7. The third kappa shape index (κ3) is 5.76. The summed E-state index contributed by atoms with van der Waals surface area (Å²) in [5, 5.41) is 2.11. The summed E-state index contributed by atoms with van der Waals surface area (Å²) in [4.78, 5) is 14.2. The Balaban J connectivity index is 1.57. The third-order valence-electron chi connectivity index (χ3n) is 7.24. The first kappa shape index (κ1) is 25.2. The Morgan fingerprint density at radius 3 is 2.70 bits per heavy atom. The molecule has 0 spiro atoms. The van der Waals surface area contributed by atoms with Crippen LogP contribution in [-0.4, -0.2) is 50.6 Å². The summed E-state index contributed by atoms with van der Waals surface area (Å²) < 4.78 is 14.1. The SMILES string of the molecule is CCC(=O)CCC[N+](C)=c1ccc2c(-c3cccc(CN4CCOCC4)c3)c3ccc(N)cc3oc-2c1. The van der Waals surface area contributed by atoms with E-state index in [1.807, 2.05) is 19.1 Å². The molecule has 0 atom stereocenters. The molecule has 2 aromatic carbocycles. The molecular formula is C31H36N3O3+. The maximum atomic E-state index is 11.7. The molecule has 192 valence electrons. The number of carbonyl (C=O) groups excluding carboxylic acids is 1. The lowest BCUT2D eigenvalue weighted by atomic mass is 9.92. The molecule has 0 amide bonds. The largest absolute Gasteiger partial charge is 0.456 e. The minimum Gasteiger partial charge on any atom is -0.456 e. The number of nitrogens with zero attached hydrogens (tertiary/aromatic N) is 2. The molecule has 2 heterocycles. The number of Topliss-reactive ketones (excluding diaryl/α,β-unsaturated/α-hetero) is 1. The standard InChI is InChI=1S/C31H35N3O3/c1-3-26(35)8-5-13-33(2)25-10-12-28-30(20-25)37-29-19-24(32)9-11-27(29)31(28)23-7-4-6-22(18-23)21-34-14-16-36-17-15-34/h4,6-7,9-12,18-20,32H,3,5,8,13-17,21H2,1-2H3/p+1. The molecule has 0 unspecified atom stereocenters. The van der Waals surface area contributed by atoms with Crippen LogP contribution >= 0.6 is 0 Å². The van der Waals surface area contributed by atoms with Gasteiger partial charge in [0.25, 0.3) is 0 Å². The van der Waals surface area contributed by atoms with Crippen LogP contribution in [0.15, 0.2) is 65.1 Å². The van der Waals surface area contributed by atoms with E-state index in [1.54, 1.807) is 0 Å². The maximum Gasteiger partial charge on any atom is 0.203 e. The number of ether oxygens (including phenoxy) is 1. The normalized spacial score (nSPS) is 15.3. The van der Waals surface area contributed by atoms with E-state index in [0.717, 1.165) is 79.0 Å². The quantitative estimate of drug-likeness (QED) is 0.215. The van der Waals surface area contributed by atoms with E-state index >= 15 is 0 Å². The highest BCUT2D eigenvalue weighted by atomic mass is 16.5. The zero-order valence-electron chi connectivity index (χ0n) is 21.8. The zero-order chi connectivity index (χ0) is 25.8. The van der Waals surface area contributed by atoms with Gasteiger partial charge in [0.05, 0.1) is 19.3 Å². The lowest BCUT2D eigenvalue weighted by Gasteiger charge is -2.26. The Morgan fingerprint density at radius 1 is 1.05 bits per heavy atom. The van der Waals surface area contributed by atoms with E-state index in [-0.39, 0.29) is 0 Å². The monoisotopic (exact) mass is 498 g/mol. The van der Waals surface area contributed by atoms with Crippen LogP contribution in [0, 0.1) is 0 Å². The lowest BCUT2D eigenvalue weighted by Crippen LogP contribution is -2.35. The molecule has 6 nitrogen and oxygen atoms in total. The molecule has 2 aliphatic heterocycles. The summed E-state index contributed by atoms with van der Waals surface area (Å²) >= 11 is 0. The van der Waals surface area contributed by atoms with Crippen molar-refractivity contribution < 1.29 is 13.9 Å². The second kappa shape index (κ2) is 11.3. The van der Waals surface area contributed by atoms with Crippen molar-refractivity contribution in [3.05, 3.63) is 71.6 Å². The van der Waals surface area contributed by atoms with Crippen molar-refractivity contribution in [3.8, 4) is 22.5 Å². The first-order valence-electron chi connectivity index (χ1n) is 13.2. The average molecular weight is 499 g/mol. The Kier molecular flexibility index (Phi) is 7.68. The molecular weight excluding hydrogens is 462 g/mol. The van der Waals surface area contributed by atoms with Crippen molar-refractivity contribution in [3.63, 3.8) is 0 Å². The van der Waals surface area contributed by atoms with Gasteiger partial charge in [-0.15, -0.1) is 0 Å². The second-order valence-corrected chi connectivity index (χ2v) is 9.92. The van der Waals surface area contributed by atoms with Crippen molar-refractivity contribution in [2.75, 3.05) is 45.6 Å². The van der Waals surface area contributed by atoms with Crippen molar-refractivity contribution in [1.29, 1.82) is 0 Å². The molecule has 1 aliphatic carbocycles. The van der Waals surface area contributed by atoms with E-state index in [9.17, 15) is 4.79 Å². The molecule has 2 N–H and O–H groups in total. The zero-order valence-corrected chi connectivity index (χ0v) is 21.8. The van der Waals surface area contributed by atoms with Gasteiger partial charge < -0.3 is 14.9 Å². The molecule has 5 rings (SSSR count). The first-order valence-corrected chi connectivity index (χ1v) is 13.2. The smallest absolute Gasteiger partial charge is 0.203 e.